The molecule has 0 aliphatic heterocycles. The van der Waals surface area contributed by atoms with Crippen molar-refractivity contribution in [3.05, 3.63) is 65.1 Å². The zero-order chi connectivity index (χ0) is 15.5. The molecule has 1 amide bonds. The predicted octanol–water partition coefficient (Wildman–Crippen LogP) is 3.15. The van der Waals surface area contributed by atoms with E-state index in [-0.39, 0.29) is 5.91 Å². The zero-order valence-electron chi connectivity index (χ0n) is 12.8. The van der Waals surface area contributed by atoms with Crippen molar-refractivity contribution in [2.75, 3.05) is 6.54 Å². The van der Waals surface area contributed by atoms with Crippen molar-refractivity contribution in [2.45, 2.75) is 20.3 Å². The highest BCUT2D eigenvalue weighted by atomic mass is 16.1. The smallest absolute Gasteiger partial charge is 0.251 e. The minimum atomic E-state index is -0.0390. The molecule has 4 heteroatoms. The number of benzene rings is 1. The highest BCUT2D eigenvalue weighted by Crippen LogP contribution is 2.17. The van der Waals surface area contributed by atoms with Gasteiger partial charge in [0.05, 0.1) is 0 Å². The van der Waals surface area contributed by atoms with Gasteiger partial charge in [0.15, 0.2) is 0 Å². The zero-order valence-corrected chi connectivity index (χ0v) is 12.8. The standard InChI is InChI=1S/C18H19N3O/c1-12-13(2)19-10-8-15(12)18(22)20-9-7-14-11-21-17-6-4-3-5-16(14)17/h3-6,8,10-11,21H,7,9H2,1-2H3,(H,20,22). The van der Waals surface area contributed by atoms with Gasteiger partial charge in [0.2, 0.25) is 0 Å². The third-order valence-corrected chi connectivity index (χ3v) is 4.06. The van der Waals surface area contributed by atoms with E-state index in [1.165, 1.54) is 10.9 Å². The van der Waals surface area contributed by atoms with Gasteiger partial charge in [-0.1, -0.05) is 18.2 Å². The first-order valence-electron chi connectivity index (χ1n) is 7.42. The number of nitrogens with zero attached hydrogens (tertiary/aromatic N) is 1. The maximum atomic E-state index is 12.3. The molecule has 0 atom stereocenters. The minimum Gasteiger partial charge on any atom is -0.361 e. The van der Waals surface area contributed by atoms with Gasteiger partial charge in [0.25, 0.3) is 5.91 Å². The number of rotatable bonds is 4. The lowest BCUT2D eigenvalue weighted by molar-refractivity contribution is 0.0953. The second-order valence-electron chi connectivity index (χ2n) is 5.43. The molecular weight excluding hydrogens is 274 g/mol. The van der Waals surface area contributed by atoms with Gasteiger partial charge in [-0.25, -0.2) is 0 Å². The van der Waals surface area contributed by atoms with Crippen LogP contribution in [0.5, 0.6) is 0 Å². The Kier molecular flexibility index (Phi) is 3.92. The monoisotopic (exact) mass is 293 g/mol. The largest absolute Gasteiger partial charge is 0.361 e. The van der Waals surface area contributed by atoms with Crippen molar-refractivity contribution >= 4 is 16.8 Å². The number of hydrogen-bond donors (Lipinski definition) is 2. The third kappa shape index (κ3) is 2.72. The van der Waals surface area contributed by atoms with E-state index < -0.39 is 0 Å². The molecule has 0 bridgehead atoms. The second-order valence-corrected chi connectivity index (χ2v) is 5.43. The highest BCUT2D eigenvalue weighted by molar-refractivity contribution is 5.95. The molecular formula is C18H19N3O. The number of fused-ring (bicyclic) bond motifs is 1. The molecule has 0 saturated carbocycles. The van der Waals surface area contributed by atoms with Gasteiger partial charge in [-0.2, -0.15) is 0 Å². The number of pyridine rings is 1. The number of carbonyl (C=O) groups is 1. The summed E-state index contributed by atoms with van der Waals surface area (Å²) in [4.78, 5) is 19.7. The number of nitrogens with one attached hydrogen (secondary N) is 2. The van der Waals surface area contributed by atoms with Crippen molar-refractivity contribution < 1.29 is 4.79 Å². The van der Waals surface area contributed by atoms with Crippen LogP contribution < -0.4 is 5.32 Å². The van der Waals surface area contributed by atoms with Crippen molar-refractivity contribution in [2.24, 2.45) is 0 Å². The van der Waals surface area contributed by atoms with Crippen LogP contribution in [-0.2, 0) is 6.42 Å². The number of amides is 1. The molecule has 1 aromatic carbocycles. The fourth-order valence-electron chi connectivity index (χ4n) is 2.63. The van der Waals surface area contributed by atoms with E-state index in [1.54, 1.807) is 12.3 Å². The maximum absolute atomic E-state index is 12.3. The summed E-state index contributed by atoms with van der Waals surface area (Å²) in [5.74, 6) is -0.0390. The molecule has 0 saturated heterocycles. The number of aryl methyl sites for hydroxylation is 1. The van der Waals surface area contributed by atoms with Crippen LogP contribution in [0.3, 0.4) is 0 Å². The Morgan fingerprint density at radius 3 is 2.91 bits per heavy atom. The van der Waals surface area contributed by atoms with E-state index >= 15 is 0 Å². The molecule has 0 aliphatic carbocycles. The van der Waals surface area contributed by atoms with Crippen LogP contribution in [0.15, 0.2) is 42.7 Å². The molecule has 0 aliphatic rings. The molecule has 2 N–H and O–H groups in total. The summed E-state index contributed by atoms with van der Waals surface area (Å²) in [7, 11) is 0. The Bertz CT molecular complexity index is 820. The predicted molar refractivity (Wildman–Crippen MR) is 88.0 cm³/mol. The Balaban J connectivity index is 1.66. The van der Waals surface area contributed by atoms with Gasteiger partial charge in [-0.3, -0.25) is 9.78 Å². The summed E-state index contributed by atoms with van der Waals surface area (Å²) in [6.45, 7) is 4.45. The number of H-pyrrole nitrogens is 1. The summed E-state index contributed by atoms with van der Waals surface area (Å²) in [5.41, 5.74) is 4.88. The van der Waals surface area contributed by atoms with Gasteiger partial charge < -0.3 is 10.3 Å². The quantitative estimate of drug-likeness (QED) is 0.776. The molecule has 2 heterocycles. The molecule has 4 nitrogen and oxygen atoms in total. The first-order chi connectivity index (χ1) is 10.7. The fourth-order valence-corrected chi connectivity index (χ4v) is 2.63. The molecule has 2 aromatic heterocycles. The van der Waals surface area contributed by atoms with Crippen LogP contribution in [-0.4, -0.2) is 22.4 Å². The van der Waals surface area contributed by atoms with Crippen LogP contribution in [0.25, 0.3) is 10.9 Å². The van der Waals surface area contributed by atoms with E-state index in [4.69, 9.17) is 0 Å². The summed E-state index contributed by atoms with van der Waals surface area (Å²) in [6, 6.07) is 9.96. The number of para-hydroxylation sites is 1. The number of aromatic amines is 1. The Hall–Kier alpha value is -2.62. The number of aromatic nitrogens is 2. The fraction of sp³-hybridized carbons (Fsp3) is 0.222. The van der Waals surface area contributed by atoms with Gasteiger partial charge in [0.1, 0.15) is 0 Å². The van der Waals surface area contributed by atoms with Gasteiger partial charge >= 0.3 is 0 Å². The lowest BCUT2D eigenvalue weighted by Crippen LogP contribution is -2.26. The van der Waals surface area contributed by atoms with Crippen LogP contribution in [0.2, 0.25) is 0 Å². The molecule has 112 valence electrons. The van der Waals surface area contributed by atoms with Gasteiger partial charge in [-0.15, -0.1) is 0 Å². The van der Waals surface area contributed by atoms with Gasteiger partial charge in [0, 0.05) is 41.1 Å². The van der Waals surface area contributed by atoms with Crippen molar-refractivity contribution in [1.29, 1.82) is 0 Å². The SMILES string of the molecule is Cc1nccc(C(=O)NCCc2c[nH]c3ccccc23)c1C. The average molecular weight is 293 g/mol. The molecule has 22 heavy (non-hydrogen) atoms. The molecule has 3 aromatic rings. The first-order valence-corrected chi connectivity index (χ1v) is 7.42. The van der Waals surface area contributed by atoms with E-state index in [9.17, 15) is 4.79 Å². The van der Waals surface area contributed by atoms with Gasteiger partial charge in [-0.05, 0) is 43.5 Å². The summed E-state index contributed by atoms with van der Waals surface area (Å²) < 4.78 is 0. The summed E-state index contributed by atoms with van der Waals surface area (Å²) in [5, 5.41) is 4.20. The van der Waals surface area contributed by atoms with Crippen LogP contribution in [0, 0.1) is 13.8 Å². The number of carbonyl (C=O) groups excluding carboxylic acids is 1. The molecule has 0 radical (unpaired) electrons. The van der Waals surface area contributed by atoms with Crippen LogP contribution >= 0.6 is 0 Å². The van der Waals surface area contributed by atoms with Crippen molar-refractivity contribution in [3.8, 4) is 0 Å². The highest BCUT2D eigenvalue weighted by Gasteiger charge is 2.10. The van der Waals surface area contributed by atoms with Crippen LogP contribution in [0.4, 0.5) is 0 Å². The van der Waals surface area contributed by atoms with E-state index in [0.717, 1.165) is 23.2 Å². The molecule has 0 unspecified atom stereocenters. The van der Waals surface area contributed by atoms with Crippen LogP contribution in [0.1, 0.15) is 27.2 Å². The normalized spacial score (nSPS) is 10.8. The lowest BCUT2D eigenvalue weighted by Gasteiger charge is -2.08. The Morgan fingerprint density at radius 1 is 1.23 bits per heavy atom. The van der Waals surface area contributed by atoms with E-state index in [2.05, 4.69) is 27.4 Å². The van der Waals surface area contributed by atoms with Crippen molar-refractivity contribution in [3.63, 3.8) is 0 Å². The minimum absolute atomic E-state index is 0.0390. The molecule has 0 fully saturated rings. The average Bonchev–Trinajstić information content (AvgIpc) is 2.93. The maximum Gasteiger partial charge on any atom is 0.251 e. The lowest BCUT2D eigenvalue weighted by atomic mass is 10.1. The van der Waals surface area contributed by atoms with E-state index in [0.29, 0.717) is 12.1 Å². The third-order valence-electron chi connectivity index (χ3n) is 4.06. The van der Waals surface area contributed by atoms with E-state index in [1.807, 2.05) is 32.2 Å². The van der Waals surface area contributed by atoms with Crippen molar-refractivity contribution in [1.82, 2.24) is 15.3 Å². The Labute approximate surface area is 129 Å². The Morgan fingerprint density at radius 2 is 2.05 bits per heavy atom. The second kappa shape index (κ2) is 6.02. The number of hydrogen-bond acceptors (Lipinski definition) is 2. The topological polar surface area (TPSA) is 57.8 Å². The molecule has 0 spiro atoms. The summed E-state index contributed by atoms with van der Waals surface area (Å²) in [6.07, 6.45) is 4.49. The summed E-state index contributed by atoms with van der Waals surface area (Å²) >= 11 is 0. The molecule has 3 rings (SSSR count). The first kappa shape index (κ1) is 14.3.